The lowest BCUT2D eigenvalue weighted by atomic mass is 10.1. The minimum absolute atomic E-state index is 0.123. The van der Waals surface area contributed by atoms with Crippen molar-refractivity contribution in [3.8, 4) is 0 Å². The molecule has 0 spiro atoms. The minimum atomic E-state index is -0.629. The zero-order valence-electron chi connectivity index (χ0n) is 9.74. The largest absolute Gasteiger partial charge is 0.341 e. The van der Waals surface area contributed by atoms with Gasteiger partial charge in [0, 0.05) is 35.1 Å². The Kier molecular flexibility index (Phi) is 3.92. The van der Waals surface area contributed by atoms with Gasteiger partial charge in [0.1, 0.15) is 6.04 Å². The van der Waals surface area contributed by atoms with Crippen molar-refractivity contribution in [1.82, 2.24) is 5.32 Å². The number of carbonyl (C=O) groups excluding carboxylic acids is 2. The van der Waals surface area contributed by atoms with E-state index in [2.05, 4.69) is 21.2 Å². The smallest absolute Gasteiger partial charge is 0.254 e. The predicted molar refractivity (Wildman–Crippen MR) is 74.2 cm³/mol. The summed E-state index contributed by atoms with van der Waals surface area (Å²) in [5, 5.41) is 3.89. The Labute approximate surface area is 118 Å². The van der Waals surface area contributed by atoms with Gasteiger partial charge < -0.3 is 10.2 Å². The van der Waals surface area contributed by atoms with Crippen LogP contribution in [0, 0.1) is 0 Å². The number of alkyl halides is 1. The van der Waals surface area contributed by atoms with Gasteiger partial charge in [0.05, 0.1) is 0 Å². The van der Waals surface area contributed by atoms with Gasteiger partial charge >= 0.3 is 0 Å². The molecule has 6 heteroatoms. The van der Waals surface area contributed by atoms with Crippen LogP contribution in [0.1, 0.15) is 18.5 Å². The molecular weight excluding hydrogens is 320 g/mol. The molecule has 0 saturated carbocycles. The molecule has 4 nitrogen and oxygen atoms in total. The molecule has 0 radical (unpaired) electrons. The van der Waals surface area contributed by atoms with Gasteiger partial charge in [0.15, 0.2) is 0 Å². The monoisotopic (exact) mass is 330 g/mol. The van der Waals surface area contributed by atoms with E-state index in [0.717, 1.165) is 11.3 Å². The van der Waals surface area contributed by atoms with E-state index >= 15 is 0 Å². The van der Waals surface area contributed by atoms with Crippen LogP contribution in [0.3, 0.4) is 0 Å². The summed E-state index contributed by atoms with van der Waals surface area (Å²) < 4.78 is 0. The topological polar surface area (TPSA) is 49.4 Å². The molecule has 0 unspecified atom stereocenters. The zero-order chi connectivity index (χ0) is 13.3. The molecule has 1 heterocycles. The summed E-state index contributed by atoms with van der Waals surface area (Å²) in [6, 6.07) is 4.64. The average Bonchev–Trinajstić information content (AvgIpc) is 2.54. The molecule has 18 heavy (non-hydrogen) atoms. The summed E-state index contributed by atoms with van der Waals surface area (Å²) in [4.78, 5) is 25.1. The van der Waals surface area contributed by atoms with Gasteiger partial charge in [-0.05, 0) is 18.2 Å². The molecule has 2 amide bonds. The third-order valence-electron chi connectivity index (χ3n) is 2.76. The molecule has 1 aliphatic rings. The number of anilines is 1. The van der Waals surface area contributed by atoms with E-state index < -0.39 is 6.04 Å². The highest BCUT2D eigenvalue weighted by Gasteiger charge is 2.37. The summed E-state index contributed by atoms with van der Waals surface area (Å²) in [7, 11) is 0. The van der Waals surface area contributed by atoms with Crippen molar-refractivity contribution in [3.05, 3.63) is 28.8 Å². The van der Waals surface area contributed by atoms with Gasteiger partial charge in [-0.3, -0.25) is 9.59 Å². The van der Waals surface area contributed by atoms with E-state index in [0.29, 0.717) is 16.9 Å². The van der Waals surface area contributed by atoms with Crippen LogP contribution in [0.15, 0.2) is 18.2 Å². The third kappa shape index (κ3) is 2.37. The van der Waals surface area contributed by atoms with E-state index in [4.69, 9.17) is 11.6 Å². The van der Waals surface area contributed by atoms with Crippen LogP contribution in [-0.2, 0) is 9.59 Å². The first kappa shape index (κ1) is 13.4. The third-order valence-corrected chi connectivity index (χ3v) is 3.35. The Morgan fingerprint density at radius 1 is 1.56 bits per heavy atom. The maximum absolute atomic E-state index is 12.2. The molecule has 0 fully saturated rings. The molecule has 1 N–H and O–H groups in total. The second kappa shape index (κ2) is 5.28. The van der Waals surface area contributed by atoms with E-state index in [1.54, 1.807) is 23.1 Å². The standard InChI is InChI=1S/C12H12BrClN2O2/c1-7(17)15-11-9-6-8(14)2-3-10(9)16(5-4-13)12(11)18/h2-3,6,11H,4-5H2,1H3,(H,15,17)/t11-/m0/s1. The number of rotatable bonds is 3. The molecule has 2 rings (SSSR count). The fraction of sp³-hybridized carbons (Fsp3) is 0.333. The highest BCUT2D eigenvalue weighted by molar-refractivity contribution is 9.09. The van der Waals surface area contributed by atoms with Crippen LogP contribution < -0.4 is 10.2 Å². The number of nitrogens with one attached hydrogen (secondary N) is 1. The molecular formula is C12H12BrClN2O2. The predicted octanol–water partition coefficient (Wildman–Crippen LogP) is 2.26. The molecule has 1 aromatic rings. The van der Waals surface area contributed by atoms with Gasteiger partial charge in [-0.15, -0.1) is 0 Å². The lowest BCUT2D eigenvalue weighted by Crippen LogP contribution is -2.37. The Bertz CT molecular complexity index is 507. The van der Waals surface area contributed by atoms with Crippen molar-refractivity contribution in [3.63, 3.8) is 0 Å². The highest BCUT2D eigenvalue weighted by Crippen LogP contribution is 2.37. The lowest BCUT2D eigenvalue weighted by Gasteiger charge is -2.16. The summed E-state index contributed by atoms with van der Waals surface area (Å²) in [5.41, 5.74) is 1.56. The van der Waals surface area contributed by atoms with Crippen LogP contribution in [-0.4, -0.2) is 23.7 Å². The Morgan fingerprint density at radius 2 is 2.28 bits per heavy atom. The SMILES string of the molecule is CC(=O)N[C@@H]1C(=O)N(CCBr)c2ccc(Cl)cc21. The molecule has 0 aromatic heterocycles. The Hall–Kier alpha value is -1.07. The maximum Gasteiger partial charge on any atom is 0.254 e. The second-order valence-electron chi connectivity index (χ2n) is 4.02. The fourth-order valence-corrected chi connectivity index (χ4v) is 2.60. The second-order valence-corrected chi connectivity index (χ2v) is 5.24. The number of halogens is 2. The normalized spacial score (nSPS) is 17.8. The quantitative estimate of drug-likeness (QED) is 0.864. The summed E-state index contributed by atoms with van der Waals surface area (Å²) in [5.74, 6) is -0.359. The number of benzene rings is 1. The van der Waals surface area contributed by atoms with Crippen molar-refractivity contribution >= 4 is 45.0 Å². The molecule has 0 aliphatic carbocycles. The minimum Gasteiger partial charge on any atom is -0.341 e. The van der Waals surface area contributed by atoms with E-state index in [1.165, 1.54) is 6.92 Å². The van der Waals surface area contributed by atoms with Crippen LogP contribution >= 0.6 is 27.5 Å². The summed E-state index contributed by atoms with van der Waals surface area (Å²) in [6.45, 7) is 1.95. The van der Waals surface area contributed by atoms with Gasteiger partial charge in [-0.1, -0.05) is 27.5 Å². The van der Waals surface area contributed by atoms with Crippen molar-refractivity contribution in [2.45, 2.75) is 13.0 Å². The number of nitrogens with zero attached hydrogens (tertiary/aromatic N) is 1. The van der Waals surface area contributed by atoms with Crippen LogP contribution in [0.4, 0.5) is 5.69 Å². The Morgan fingerprint density at radius 3 is 2.89 bits per heavy atom. The van der Waals surface area contributed by atoms with Crippen molar-refractivity contribution < 1.29 is 9.59 Å². The van der Waals surface area contributed by atoms with Crippen molar-refractivity contribution in [1.29, 1.82) is 0 Å². The molecule has 0 saturated heterocycles. The first-order valence-corrected chi connectivity index (χ1v) is 6.98. The number of carbonyl (C=O) groups is 2. The fourth-order valence-electron chi connectivity index (χ4n) is 2.07. The first-order chi connectivity index (χ1) is 8.54. The average molecular weight is 332 g/mol. The van der Waals surface area contributed by atoms with Crippen LogP contribution in [0.2, 0.25) is 5.02 Å². The van der Waals surface area contributed by atoms with Gasteiger partial charge in [-0.2, -0.15) is 0 Å². The number of hydrogen-bond acceptors (Lipinski definition) is 2. The zero-order valence-corrected chi connectivity index (χ0v) is 12.1. The highest BCUT2D eigenvalue weighted by atomic mass is 79.9. The van der Waals surface area contributed by atoms with Gasteiger partial charge in [0.25, 0.3) is 5.91 Å². The van der Waals surface area contributed by atoms with Crippen molar-refractivity contribution in [2.24, 2.45) is 0 Å². The molecule has 1 atom stereocenters. The van der Waals surface area contributed by atoms with Crippen LogP contribution in [0.25, 0.3) is 0 Å². The maximum atomic E-state index is 12.2. The van der Waals surface area contributed by atoms with E-state index in [1.807, 2.05) is 0 Å². The summed E-state index contributed by atoms with van der Waals surface area (Å²) >= 11 is 9.26. The Balaban J connectivity index is 2.43. The van der Waals surface area contributed by atoms with Crippen molar-refractivity contribution in [2.75, 3.05) is 16.8 Å². The molecule has 0 bridgehead atoms. The number of amides is 2. The number of fused-ring (bicyclic) bond motifs is 1. The number of hydrogen-bond donors (Lipinski definition) is 1. The molecule has 1 aromatic carbocycles. The van der Waals surface area contributed by atoms with E-state index in [9.17, 15) is 9.59 Å². The first-order valence-electron chi connectivity index (χ1n) is 5.48. The molecule has 96 valence electrons. The lowest BCUT2D eigenvalue weighted by molar-refractivity contribution is -0.126. The van der Waals surface area contributed by atoms with Crippen LogP contribution in [0.5, 0.6) is 0 Å². The van der Waals surface area contributed by atoms with Gasteiger partial charge in [0.2, 0.25) is 5.91 Å². The van der Waals surface area contributed by atoms with E-state index in [-0.39, 0.29) is 11.8 Å². The van der Waals surface area contributed by atoms with Gasteiger partial charge in [-0.25, -0.2) is 0 Å². The molecule has 1 aliphatic heterocycles. The summed E-state index contributed by atoms with van der Waals surface area (Å²) in [6.07, 6.45) is 0.